The first-order chi connectivity index (χ1) is 13.9. The molecule has 0 saturated carbocycles. The zero-order valence-corrected chi connectivity index (χ0v) is 16.8. The van der Waals surface area contributed by atoms with Crippen LogP contribution >= 0.6 is 11.6 Å². The van der Waals surface area contributed by atoms with Crippen LogP contribution in [0.25, 0.3) is 11.0 Å². The van der Waals surface area contributed by atoms with Gasteiger partial charge in [0.15, 0.2) is 0 Å². The SMILES string of the molecule is CCc1c[nH]c2ncnc(N3CC[C@](N)(CNC(=O)c4c(F)cccc4Cl)C3)c12. The highest BCUT2D eigenvalue weighted by Crippen LogP contribution is 2.31. The Bertz CT molecular complexity index is 1050. The summed E-state index contributed by atoms with van der Waals surface area (Å²) in [6.45, 7) is 3.50. The molecule has 29 heavy (non-hydrogen) atoms. The van der Waals surface area contributed by atoms with E-state index in [1.54, 1.807) is 0 Å². The van der Waals surface area contributed by atoms with Crippen molar-refractivity contribution in [3.8, 4) is 0 Å². The Balaban J connectivity index is 1.49. The van der Waals surface area contributed by atoms with Gasteiger partial charge in [0.2, 0.25) is 0 Å². The van der Waals surface area contributed by atoms with E-state index in [-0.39, 0.29) is 17.1 Å². The first kappa shape index (κ1) is 19.6. The van der Waals surface area contributed by atoms with Gasteiger partial charge in [0, 0.05) is 25.8 Å². The molecule has 3 heterocycles. The van der Waals surface area contributed by atoms with E-state index < -0.39 is 17.3 Å². The van der Waals surface area contributed by atoms with E-state index in [2.05, 4.69) is 32.1 Å². The Morgan fingerprint density at radius 1 is 1.45 bits per heavy atom. The van der Waals surface area contributed by atoms with Gasteiger partial charge in [-0.15, -0.1) is 0 Å². The molecule has 1 aliphatic heterocycles. The summed E-state index contributed by atoms with van der Waals surface area (Å²) in [5.74, 6) is -0.388. The first-order valence-corrected chi connectivity index (χ1v) is 9.86. The van der Waals surface area contributed by atoms with Crippen molar-refractivity contribution in [1.82, 2.24) is 20.3 Å². The number of rotatable bonds is 5. The second-order valence-electron chi connectivity index (χ2n) is 7.40. The lowest BCUT2D eigenvalue weighted by atomic mass is 10.00. The number of nitrogens with one attached hydrogen (secondary N) is 2. The Labute approximate surface area is 172 Å². The fourth-order valence-corrected chi connectivity index (χ4v) is 4.06. The van der Waals surface area contributed by atoms with Crippen molar-refractivity contribution in [2.24, 2.45) is 5.73 Å². The van der Waals surface area contributed by atoms with Gasteiger partial charge in [-0.1, -0.05) is 24.6 Å². The third-order valence-electron chi connectivity index (χ3n) is 5.39. The van der Waals surface area contributed by atoms with E-state index in [1.165, 1.54) is 24.5 Å². The van der Waals surface area contributed by atoms with Crippen LogP contribution in [-0.2, 0) is 6.42 Å². The van der Waals surface area contributed by atoms with Crippen molar-refractivity contribution >= 4 is 34.4 Å². The second-order valence-corrected chi connectivity index (χ2v) is 7.81. The predicted octanol–water partition coefficient (Wildman–Crippen LogP) is 2.65. The summed E-state index contributed by atoms with van der Waals surface area (Å²) in [6, 6.07) is 4.15. The van der Waals surface area contributed by atoms with Crippen molar-refractivity contribution in [1.29, 1.82) is 0 Å². The molecule has 9 heteroatoms. The van der Waals surface area contributed by atoms with E-state index >= 15 is 0 Å². The summed E-state index contributed by atoms with van der Waals surface area (Å²) >= 11 is 5.97. The summed E-state index contributed by atoms with van der Waals surface area (Å²) in [6.07, 6.45) is 5.01. The standard InChI is InChI=1S/C20H22ClFN6O/c1-2-12-8-24-17-15(12)18(27-11-26-17)28-7-6-20(23,10-28)9-25-19(29)16-13(21)4-3-5-14(16)22/h3-5,8,11H,2,6-7,9-10,23H2,1H3,(H,25,29)(H,24,26,27)/t20-/m0/s1. The molecule has 7 nitrogen and oxygen atoms in total. The molecule has 4 rings (SSSR count). The van der Waals surface area contributed by atoms with E-state index in [0.29, 0.717) is 19.5 Å². The van der Waals surface area contributed by atoms with Crippen molar-refractivity contribution in [3.63, 3.8) is 0 Å². The minimum atomic E-state index is -0.659. The molecule has 0 unspecified atom stereocenters. The van der Waals surface area contributed by atoms with Gasteiger partial charge in [-0.3, -0.25) is 4.79 Å². The Morgan fingerprint density at radius 2 is 2.28 bits per heavy atom. The Morgan fingerprint density at radius 3 is 3.03 bits per heavy atom. The highest BCUT2D eigenvalue weighted by atomic mass is 35.5. The number of fused-ring (bicyclic) bond motifs is 1. The smallest absolute Gasteiger partial charge is 0.255 e. The zero-order valence-electron chi connectivity index (χ0n) is 16.0. The maximum absolute atomic E-state index is 14.0. The maximum Gasteiger partial charge on any atom is 0.255 e. The number of aromatic nitrogens is 3. The highest BCUT2D eigenvalue weighted by molar-refractivity contribution is 6.33. The summed E-state index contributed by atoms with van der Waals surface area (Å²) in [5.41, 5.74) is 7.66. The van der Waals surface area contributed by atoms with Gasteiger partial charge in [0.1, 0.15) is 23.6 Å². The lowest BCUT2D eigenvalue weighted by Crippen LogP contribution is -2.52. The monoisotopic (exact) mass is 416 g/mol. The molecule has 1 aliphatic rings. The van der Waals surface area contributed by atoms with Crippen LogP contribution in [0.3, 0.4) is 0 Å². The number of benzene rings is 1. The predicted molar refractivity (Wildman–Crippen MR) is 111 cm³/mol. The van der Waals surface area contributed by atoms with E-state index in [0.717, 1.165) is 28.8 Å². The first-order valence-electron chi connectivity index (χ1n) is 9.49. The normalized spacial score (nSPS) is 19.1. The number of anilines is 1. The van der Waals surface area contributed by atoms with Gasteiger partial charge in [-0.2, -0.15) is 0 Å². The van der Waals surface area contributed by atoms with Crippen LogP contribution in [0.15, 0.2) is 30.7 Å². The average molecular weight is 417 g/mol. The third-order valence-corrected chi connectivity index (χ3v) is 5.70. The third kappa shape index (κ3) is 3.65. The minimum absolute atomic E-state index is 0.0737. The van der Waals surface area contributed by atoms with Crippen LogP contribution in [-0.4, -0.2) is 46.0 Å². The van der Waals surface area contributed by atoms with Crippen LogP contribution in [0, 0.1) is 5.82 Å². The maximum atomic E-state index is 14.0. The zero-order chi connectivity index (χ0) is 20.6. The number of aromatic amines is 1. The van der Waals surface area contributed by atoms with Crippen molar-refractivity contribution < 1.29 is 9.18 Å². The lowest BCUT2D eigenvalue weighted by Gasteiger charge is -2.26. The number of H-pyrrole nitrogens is 1. The molecule has 1 amide bonds. The topological polar surface area (TPSA) is 99.9 Å². The summed E-state index contributed by atoms with van der Waals surface area (Å²) in [5, 5.41) is 3.81. The molecule has 1 saturated heterocycles. The molecule has 2 aromatic heterocycles. The van der Waals surface area contributed by atoms with Gasteiger partial charge in [-0.25, -0.2) is 14.4 Å². The molecular formula is C20H22ClFN6O. The van der Waals surface area contributed by atoms with Crippen molar-refractivity contribution in [3.05, 3.63) is 52.7 Å². The number of carbonyl (C=O) groups is 1. The van der Waals surface area contributed by atoms with Gasteiger partial charge in [0.25, 0.3) is 5.91 Å². The van der Waals surface area contributed by atoms with Crippen LogP contribution in [0.1, 0.15) is 29.3 Å². The number of halogens is 2. The van der Waals surface area contributed by atoms with E-state index in [4.69, 9.17) is 17.3 Å². The molecule has 4 N–H and O–H groups in total. The van der Waals surface area contributed by atoms with Crippen LogP contribution in [0.2, 0.25) is 5.02 Å². The number of hydrogen-bond acceptors (Lipinski definition) is 5. The fraction of sp³-hybridized carbons (Fsp3) is 0.350. The number of nitrogens with two attached hydrogens (primary N) is 1. The molecule has 1 fully saturated rings. The molecule has 0 bridgehead atoms. The van der Waals surface area contributed by atoms with Crippen molar-refractivity contribution in [2.75, 3.05) is 24.5 Å². The van der Waals surface area contributed by atoms with Crippen LogP contribution in [0.5, 0.6) is 0 Å². The summed E-state index contributed by atoms with van der Waals surface area (Å²) in [4.78, 5) is 26.5. The van der Waals surface area contributed by atoms with Crippen LogP contribution < -0.4 is 16.0 Å². The second kappa shape index (κ2) is 7.61. The minimum Gasteiger partial charge on any atom is -0.354 e. The Hall–Kier alpha value is -2.71. The van der Waals surface area contributed by atoms with Gasteiger partial charge >= 0.3 is 0 Å². The number of aryl methyl sites for hydroxylation is 1. The largest absolute Gasteiger partial charge is 0.354 e. The van der Waals surface area contributed by atoms with E-state index in [1.807, 2.05) is 6.20 Å². The van der Waals surface area contributed by atoms with Gasteiger partial charge < -0.3 is 20.9 Å². The van der Waals surface area contributed by atoms with Crippen LogP contribution in [0.4, 0.5) is 10.2 Å². The molecule has 0 spiro atoms. The van der Waals surface area contributed by atoms with Gasteiger partial charge in [-0.05, 0) is 30.5 Å². The lowest BCUT2D eigenvalue weighted by molar-refractivity contribution is 0.0941. The molecular weight excluding hydrogens is 395 g/mol. The highest BCUT2D eigenvalue weighted by Gasteiger charge is 2.36. The van der Waals surface area contributed by atoms with E-state index in [9.17, 15) is 9.18 Å². The average Bonchev–Trinajstić information content (AvgIpc) is 3.30. The quantitative estimate of drug-likeness (QED) is 0.593. The van der Waals surface area contributed by atoms with Crippen molar-refractivity contribution in [2.45, 2.75) is 25.3 Å². The molecule has 3 aromatic rings. The number of hydrogen-bond donors (Lipinski definition) is 3. The molecule has 0 radical (unpaired) electrons. The molecule has 1 aromatic carbocycles. The number of nitrogens with zero attached hydrogens (tertiary/aromatic N) is 3. The molecule has 0 aliphatic carbocycles. The fourth-order valence-electron chi connectivity index (χ4n) is 3.81. The molecule has 152 valence electrons. The summed E-state index contributed by atoms with van der Waals surface area (Å²) in [7, 11) is 0. The number of amides is 1. The molecule has 1 atom stereocenters. The summed E-state index contributed by atoms with van der Waals surface area (Å²) < 4.78 is 14.0. The number of carbonyl (C=O) groups excluding carboxylic acids is 1. The Kier molecular flexibility index (Phi) is 5.14. The van der Waals surface area contributed by atoms with Gasteiger partial charge in [0.05, 0.1) is 21.5 Å².